The molecule has 0 aliphatic carbocycles. The van der Waals surface area contributed by atoms with Gasteiger partial charge in [-0.25, -0.2) is 4.98 Å². The molecule has 2 aliphatic rings. The Morgan fingerprint density at radius 2 is 1.86 bits per heavy atom. The zero-order chi connectivity index (χ0) is 19.1. The van der Waals surface area contributed by atoms with Gasteiger partial charge in [0.15, 0.2) is 0 Å². The van der Waals surface area contributed by atoms with Crippen molar-refractivity contribution in [3.05, 3.63) is 60.4 Å². The number of aromatic nitrogens is 2. The van der Waals surface area contributed by atoms with Crippen LogP contribution in [0.3, 0.4) is 0 Å². The maximum absolute atomic E-state index is 13.2. The van der Waals surface area contributed by atoms with E-state index in [-0.39, 0.29) is 24.1 Å². The van der Waals surface area contributed by atoms with Crippen molar-refractivity contribution in [2.24, 2.45) is 7.05 Å². The van der Waals surface area contributed by atoms with E-state index in [1.54, 1.807) is 6.20 Å². The van der Waals surface area contributed by atoms with E-state index in [1.165, 1.54) is 10.9 Å². The Balaban J connectivity index is 1.30. The number of piperidine rings is 1. The molecule has 5 rings (SSSR count). The van der Waals surface area contributed by atoms with Gasteiger partial charge < -0.3 is 14.2 Å². The lowest BCUT2D eigenvalue weighted by Gasteiger charge is -2.38. The summed E-state index contributed by atoms with van der Waals surface area (Å²) in [4.78, 5) is 19.6. The van der Waals surface area contributed by atoms with E-state index >= 15 is 0 Å². The number of benzene rings is 1. The number of para-hydroxylation sites is 1. The van der Waals surface area contributed by atoms with E-state index in [2.05, 4.69) is 32.8 Å². The summed E-state index contributed by atoms with van der Waals surface area (Å²) in [5, 5.41) is 1.18. The van der Waals surface area contributed by atoms with Crippen LogP contribution in [0, 0.1) is 0 Å². The molecule has 0 radical (unpaired) electrons. The summed E-state index contributed by atoms with van der Waals surface area (Å²) in [6.07, 6.45) is 8.42. The lowest BCUT2D eigenvalue weighted by Crippen LogP contribution is -2.49. The van der Waals surface area contributed by atoms with Crippen LogP contribution < -0.4 is 4.74 Å². The van der Waals surface area contributed by atoms with Gasteiger partial charge in [-0.05, 0) is 30.5 Å². The van der Waals surface area contributed by atoms with Crippen LogP contribution in [0.2, 0.25) is 0 Å². The van der Waals surface area contributed by atoms with Crippen LogP contribution in [-0.4, -0.2) is 38.5 Å². The minimum Gasteiger partial charge on any atom is -0.474 e. The number of fused-ring (bicyclic) bond motifs is 3. The summed E-state index contributed by atoms with van der Waals surface area (Å²) in [7, 11) is 2.04. The maximum Gasteiger partial charge on any atom is 0.227 e. The lowest BCUT2D eigenvalue weighted by molar-refractivity contribution is -0.136. The van der Waals surface area contributed by atoms with Crippen LogP contribution in [0.4, 0.5) is 0 Å². The van der Waals surface area contributed by atoms with Crippen LogP contribution in [0.1, 0.15) is 31.2 Å². The highest BCUT2D eigenvalue weighted by molar-refractivity contribution is 5.89. The average molecular weight is 375 g/mol. The predicted octanol–water partition coefficient (Wildman–Crippen LogP) is 3.72. The number of carbonyl (C=O) groups excluding carboxylic acids is 1. The molecule has 5 nitrogen and oxygen atoms in total. The Bertz CT molecular complexity index is 984. The molecule has 2 saturated heterocycles. The summed E-state index contributed by atoms with van der Waals surface area (Å²) >= 11 is 0. The Morgan fingerprint density at radius 1 is 1.11 bits per heavy atom. The van der Waals surface area contributed by atoms with Crippen LogP contribution >= 0.6 is 0 Å². The Morgan fingerprint density at radius 3 is 2.61 bits per heavy atom. The van der Waals surface area contributed by atoms with Crippen molar-refractivity contribution in [2.75, 3.05) is 0 Å². The second-order valence-corrected chi connectivity index (χ2v) is 8.02. The number of pyridine rings is 1. The summed E-state index contributed by atoms with van der Waals surface area (Å²) in [5.74, 6) is 0.933. The first-order valence-corrected chi connectivity index (χ1v) is 10.1. The summed E-state index contributed by atoms with van der Waals surface area (Å²) < 4.78 is 8.20. The minimum atomic E-state index is 0.147. The van der Waals surface area contributed by atoms with Gasteiger partial charge in [0.2, 0.25) is 11.8 Å². The summed E-state index contributed by atoms with van der Waals surface area (Å²) in [6.45, 7) is 0. The van der Waals surface area contributed by atoms with Gasteiger partial charge in [-0.1, -0.05) is 24.3 Å². The highest BCUT2D eigenvalue weighted by Gasteiger charge is 2.44. The average Bonchev–Trinajstić information content (AvgIpc) is 3.17. The number of hydrogen-bond acceptors (Lipinski definition) is 3. The number of carbonyl (C=O) groups is 1. The van der Waals surface area contributed by atoms with Gasteiger partial charge in [-0.3, -0.25) is 4.79 Å². The van der Waals surface area contributed by atoms with Crippen LogP contribution in [0.5, 0.6) is 5.88 Å². The monoisotopic (exact) mass is 375 g/mol. The van der Waals surface area contributed by atoms with Crippen LogP contribution in [0.15, 0.2) is 54.9 Å². The van der Waals surface area contributed by atoms with Crippen molar-refractivity contribution >= 4 is 16.8 Å². The van der Waals surface area contributed by atoms with E-state index in [4.69, 9.17) is 4.74 Å². The van der Waals surface area contributed by atoms with Crippen molar-refractivity contribution in [3.63, 3.8) is 0 Å². The van der Waals surface area contributed by atoms with Gasteiger partial charge in [-0.15, -0.1) is 0 Å². The summed E-state index contributed by atoms with van der Waals surface area (Å²) in [6, 6.07) is 14.6. The number of amides is 1. The third-order valence-electron chi connectivity index (χ3n) is 6.22. The molecule has 3 aromatic rings. The smallest absolute Gasteiger partial charge is 0.227 e. The number of rotatable bonds is 4. The molecule has 2 atom stereocenters. The van der Waals surface area contributed by atoms with Gasteiger partial charge in [0.1, 0.15) is 6.10 Å². The molecule has 2 aromatic heterocycles. The molecular formula is C23H25N3O2. The molecule has 4 heterocycles. The normalized spacial score (nSPS) is 23.9. The molecule has 5 heteroatoms. The molecule has 0 saturated carbocycles. The fourth-order valence-electron chi connectivity index (χ4n) is 5.04. The quantitative estimate of drug-likeness (QED) is 0.698. The number of ether oxygens (including phenoxy) is 1. The molecule has 144 valence electrons. The first-order valence-electron chi connectivity index (χ1n) is 10.1. The molecule has 2 fully saturated rings. The lowest BCUT2D eigenvalue weighted by atomic mass is 9.98. The number of hydrogen-bond donors (Lipinski definition) is 0. The third-order valence-corrected chi connectivity index (χ3v) is 6.22. The van der Waals surface area contributed by atoms with E-state index in [1.807, 2.05) is 37.4 Å². The number of aryl methyl sites for hydroxylation is 1. The molecule has 2 aliphatic heterocycles. The molecule has 2 bridgehead atoms. The molecule has 2 unspecified atom stereocenters. The van der Waals surface area contributed by atoms with Crippen molar-refractivity contribution in [1.29, 1.82) is 0 Å². The highest BCUT2D eigenvalue weighted by atomic mass is 16.5. The van der Waals surface area contributed by atoms with Crippen LogP contribution in [-0.2, 0) is 18.3 Å². The molecule has 0 N–H and O–H groups in total. The zero-order valence-corrected chi connectivity index (χ0v) is 16.1. The Hall–Kier alpha value is -2.82. The SMILES string of the molecule is Cn1cc(CC(=O)N2C3CCC2CC(Oc2ccccn2)C3)c2ccccc21. The Labute approximate surface area is 164 Å². The minimum absolute atomic E-state index is 0.147. The fraction of sp³-hybridized carbons (Fsp3) is 0.391. The van der Waals surface area contributed by atoms with Gasteiger partial charge >= 0.3 is 0 Å². The van der Waals surface area contributed by atoms with Crippen molar-refractivity contribution in [3.8, 4) is 5.88 Å². The van der Waals surface area contributed by atoms with Crippen molar-refractivity contribution in [2.45, 2.75) is 50.3 Å². The number of nitrogens with zero attached hydrogens (tertiary/aromatic N) is 3. The molecule has 1 aromatic carbocycles. The topological polar surface area (TPSA) is 47.4 Å². The van der Waals surface area contributed by atoms with Gasteiger partial charge in [-0.2, -0.15) is 0 Å². The fourth-order valence-corrected chi connectivity index (χ4v) is 5.04. The van der Waals surface area contributed by atoms with Crippen molar-refractivity contribution < 1.29 is 9.53 Å². The van der Waals surface area contributed by atoms with Crippen LogP contribution in [0.25, 0.3) is 10.9 Å². The third kappa shape index (κ3) is 3.05. The summed E-state index contributed by atoms with van der Waals surface area (Å²) in [5.41, 5.74) is 2.30. The first-order chi connectivity index (χ1) is 13.7. The maximum atomic E-state index is 13.2. The van der Waals surface area contributed by atoms with Gasteiger partial charge in [0.25, 0.3) is 0 Å². The largest absolute Gasteiger partial charge is 0.474 e. The molecular weight excluding hydrogens is 350 g/mol. The van der Waals surface area contributed by atoms with Gasteiger partial charge in [0.05, 0.1) is 6.42 Å². The van der Waals surface area contributed by atoms with Gasteiger partial charge in [0, 0.05) is 61.3 Å². The first kappa shape index (κ1) is 17.3. The second kappa shape index (κ2) is 6.97. The Kier molecular flexibility index (Phi) is 4.30. The predicted molar refractivity (Wildman–Crippen MR) is 108 cm³/mol. The standard InChI is InChI=1S/C23H25N3O2/c1-25-15-16(20-6-2-3-7-21(20)25)12-23(27)26-17-9-10-18(26)14-19(13-17)28-22-8-4-5-11-24-22/h2-8,11,15,17-19H,9-10,12-14H2,1H3. The van der Waals surface area contributed by atoms with E-state index < -0.39 is 0 Å². The van der Waals surface area contributed by atoms with E-state index in [0.29, 0.717) is 12.3 Å². The molecule has 1 amide bonds. The second-order valence-electron chi connectivity index (χ2n) is 8.02. The van der Waals surface area contributed by atoms with E-state index in [0.717, 1.165) is 31.2 Å². The zero-order valence-electron chi connectivity index (χ0n) is 16.1. The highest BCUT2D eigenvalue weighted by Crippen LogP contribution is 2.37. The molecule has 28 heavy (non-hydrogen) atoms. The molecule has 0 spiro atoms. The van der Waals surface area contributed by atoms with E-state index in [9.17, 15) is 4.79 Å². The van der Waals surface area contributed by atoms with Crippen molar-refractivity contribution in [1.82, 2.24) is 14.5 Å².